The summed E-state index contributed by atoms with van der Waals surface area (Å²) < 4.78 is 21.0. The SMILES string of the molecule is O=CO.O=Cc1ccc2c(c1)OCO2.c1cnc(N2CCCN(c3ccc4c(c3)OCO4)CC2)nc1.c1cnc(N2CCNCC2)nc1. The van der Waals surface area contributed by atoms with Crippen molar-refractivity contribution in [1.82, 2.24) is 25.3 Å². The maximum Gasteiger partial charge on any atom is 0.290 e. The standard InChI is InChI=1S/C16H18N4O2.C8H12N4.C8H6O3.CH2O2/c1-5-17-16(18-6-1)20-8-2-7-19(9-10-20)13-3-4-14-15(11-13)22-12-21-14;1-2-10-8(11-3-1)12-6-4-9-5-7-12;9-4-6-1-2-7-8(3-6)11-5-10-7;2-1-3/h1,3-6,11H,2,7-10,12H2;1-3,9H,4-7H2;1-4H,5H2;1H,(H,2,3). The number of nitrogens with one attached hydrogen (secondary N) is 1. The summed E-state index contributed by atoms with van der Waals surface area (Å²) in [4.78, 5) is 42.6. The molecule has 2 saturated heterocycles. The maximum absolute atomic E-state index is 10.3. The minimum Gasteiger partial charge on any atom is -0.483 e. The lowest BCUT2D eigenvalue weighted by molar-refractivity contribution is -0.122. The molecule has 4 aliphatic heterocycles. The second-order valence-corrected chi connectivity index (χ2v) is 10.5. The van der Waals surface area contributed by atoms with E-state index in [9.17, 15) is 4.79 Å². The Bertz CT molecular complexity index is 1580. The van der Waals surface area contributed by atoms with Crippen LogP contribution >= 0.6 is 0 Å². The molecular formula is C33H38N8O7. The second kappa shape index (κ2) is 17.9. The van der Waals surface area contributed by atoms with Crippen LogP contribution in [-0.2, 0) is 4.79 Å². The van der Waals surface area contributed by atoms with Crippen molar-refractivity contribution in [2.75, 3.05) is 80.6 Å². The largest absolute Gasteiger partial charge is 0.483 e. The average Bonchev–Trinajstić information content (AvgIpc) is 3.76. The van der Waals surface area contributed by atoms with Gasteiger partial charge in [0.25, 0.3) is 6.47 Å². The van der Waals surface area contributed by atoms with Gasteiger partial charge in [0.2, 0.25) is 25.5 Å². The third kappa shape index (κ3) is 9.42. The molecule has 252 valence electrons. The normalized spacial score (nSPS) is 15.7. The first-order valence-electron chi connectivity index (χ1n) is 15.5. The zero-order chi connectivity index (χ0) is 33.4. The van der Waals surface area contributed by atoms with Crippen LogP contribution in [0.4, 0.5) is 17.6 Å². The first kappa shape index (κ1) is 33.7. The topological polar surface area (TPSA) is 165 Å². The number of piperazine rings is 1. The fourth-order valence-electron chi connectivity index (χ4n) is 5.22. The van der Waals surface area contributed by atoms with Crippen LogP contribution in [0.1, 0.15) is 16.8 Å². The number of ether oxygens (including phenoxy) is 4. The zero-order valence-corrected chi connectivity index (χ0v) is 26.4. The van der Waals surface area contributed by atoms with Crippen molar-refractivity contribution < 1.29 is 33.6 Å². The van der Waals surface area contributed by atoms with Gasteiger partial charge < -0.3 is 44.1 Å². The number of nitrogens with zero attached hydrogens (tertiary/aromatic N) is 7. The molecule has 6 heterocycles. The third-order valence-electron chi connectivity index (χ3n) is 7.54. The van der Waals surface area contributed by atoms with Crippen molar-refractivity contribution in [1.29, 1.82) is 0 Å². The first-order chi connectivity index (χ1) is 23.7. The van der Waals surface area contributed by atoms with Gasteiger partial charge in [-0.05, 0) is 48.9 Å². The Kier molecular flexibility index (Phi) is 12.5. The van der Waals surface area contributed by atoms with Crippen molar-refractivity contribution in [3.63, 3.8) is 0 Å². The van der Waals surface area contributed by atoms with E-state index in [4.69, 9.17) is 28.8 Å². The van der Waals surface area contributed by atoms with Gasteiger partial charge >= 0.3 is 0 Å². The van der Waals surface area contributed by atoms with E-state index >= 15 is 0 Å². The van der Waals surface area contributed by atoms with E-state index in [1.165, 1.54) is 5.69 Å². The Morgan fingerprint density at radius 2 is 1.12 bits per heavy atom. The number of hydrogen-bond donors (Lipinski definition) is 2. The molecule has 8 rings (SSSR count). The van der Waals surface area contributed by atoms with Crippen LogP contribution in [0.5, 0.6) is 23.0 Å². The Hall–Kier alpha value is -5.70. The highest BCUT2D eigenvalue weighted by Crippen LogP contribution is 2.36. The van der Waals surface area contributed by atoms with E-state index in [2.05, 4.69) is 52.1 Å². The Morgan fingerprint density at radius 3 is 1.73 bits per heavy atom. The van der Waals surface area contributed by atoms with Gasteiger partial charge in [0.1, 0.15) is 6.29 Å². The second-order valence-electron chi connectivity index (χ2n) is 10.5. The molecule has 4 aromatic rings. The number of carbonyl (C=O) groups excluding carboxylic acids is 1. The molecule has 48 heavy (non-hydrogen) atoms. The minimum absolute atomic E-state index is 0.248. The average molecular weight is 659 g/mol. The number of rotatable bonds is 4. The molecule has 2 N–H and O–H groups in total. The number of carboxylic acid groups (broad SMARTS) is 1. The monoisotopic (exact) mass is 658 g/mol. The van der Waals surface area contributed by atoms with Crippen molar-refractivity contribution in [3.8, 4) is 23.0 Å². The molecule has 0 unspecified atom stereocenters. The van der Waals surface area contributed by atoms with E-state index < -0.39 is 0 Å². The molecule has 0 spiro atoms. The summed E-state index contributed by atoms with van der Waals surface area (Å²) in [6, 6.07) is 14.9. The van der Waals surface area contributed by atoms with Crippen molar-refractivity contribution in [2.45, 2.75) is 6.42 Å². The molecule has 2 aromatic carbocycles. The summed E-state index contributed by atoms with van der Waals surface area (Å²) in [7, 11) is 0. The van der Waals surface area contributed by atoms with Crippen LogP contribution < -0.4 is 39.0 Å². The fraction of sp³-hybridized carbons (Fsp3) is 0.333. The van der Waals surface area contributed by atoms with E-state index in [1.54, 1.807) is 43.0 Å². The summed E-state index contributed by atoms with van der Waals surface area (Å²) in [5, 5.41) is 10.2. The Morgan fingerprint density at radius 1 is 0.625 bits per heavy atom. The van der Waals surface area contributed by atoms with E-state index in [-0.39, 0.29) is 13.3 Å². The van der Waals surface area contributed by atoms with Crippen LogP contribution in [-0.4, -0.2) is 104 Å². The molecule has 2 aromatic heterocycles. The van der Waals surface area contributed by atoms with Crippen LogP contribution in [0.15, 0.2) is 73.3 Å². The number of aromatic nitrogens is 4. The molecule has 0 saturated carbocycles. The van der Waals surface area contributed by atoms with E-state index in [0.29, 0.717) is 23.9 Å². The maximum atomic E-state index is 10.3. The van der Waals surface area contributed by atoms with Crippen LogP contribution in [0.25, 0.3) is 0 Å². The lowest BCUT2D eigenvalue weighted by Crippen LogP contribution is -2.44. The lowest BCUT2D eigenvalue weighted by atomic mass is 10.2. The summed E-state index contributed by atoms with van der Waals surface area (Å²) in [6.45, 7) is 8.23. The summed E-state index contributed by atoms with van der Waals surface area (Å²) in [5.74, 6) is 4.68. The van der Waals surface area contributed by atoms with Crippen molar-refractivity contribution in [3.05, 3.63) is 78.9 Å². The first-order valence-corrected chi connectivity index (χ1v) is 15.5. The molecule has 0 bridgehead atoms. The summed E-state index contributed by atoms with van der Waals surface area (Å²) in [5.41, 5.74) is 1.79. The Labute approximate surface area is 278 Å². The smallest absolute Gasteiger partial charge is 0.290 e. The summed E-state index contributed by atoms with van der Waals surface area (Å²) >= 11 is 0. The van der Waals surface area contributed by atoms with Crippen LogP contribution in [0, 0.1) is 0 Å². The predicted octanol–water partition coefficient (Wildman–Crippen LogP) is 2.74. The molecule has 2 fully saturated rings. The quantitative estimate of drug-likeness (QED) is 0.307. The van der Waals surface area contributed by atoms with Gasteiger partial charge in [-0.15, -0.1) is 0 Å². The Balaban J connectivity index is 0.000000147. The molecule has 0 radical (unpaired) electrons. The highest BCUT2D eigenvalue weighted by atomic mass is 16.7. The van der Waals surface area contributed by atoms with Gasteiger partial charge in [0, 0.05) is 94.5 Å². The minimum atomic E-state index is -0.250. The highest BCUT2D eigenvalue weighted by Gasteiger charge is 2.20. The number of anilines is 3. The number of benzene rings is 2. The van der Waals surface area contributed by atoms with E-state index in [1.807, 2.05) is 18.2 Å². The van der Waals surface area contributed by atoms with Crippen LogP contribution in [0.2, 0.25) is 0 Å². The molecule has 15 nitrogen and oxygen atoms in total. The lowest BCUT2D eigenvalue weighted by Gasteiger charge is -2.26. The molecule has 15 heteroatoms. The van der Waals surface area contributed by atoms with Crippen molar-refractivity contribution in [2.24, 2.45) is 0 Å². The molecule has 0 amide bonds. The molecular weight excluding hydrogens is 620 g/mol. The van der Waals surface area contributed by atoms with Gasteiger partial charge in [0.15, 0.2) is 23.0 Å². The highest BCUT2D eigenvalue weighted by molar-refractivity contribution is 5.76. The summed E-state index contributed by atoms with van der Waals surface area (Å²) in [6.07, 6.45) is 9.01. The number of carbonyl (C=O) groups is 2. The van der Waals surface area contributed by atoms with Crippen molar-refractivity contribution >= 4 is 30.3 Å². The fourth-order valence-corrected chi connectivity index (χ4v) is 5.22. The number of fused-ring (bicyclic) bond motifs is 2. The van der Waals surface area contributed by atoms with E-state index in [0.717, 1.165) is 88.5 Å². The number of hydrogen-bond acceptors (Lipinski definition) is 14. The third-order valence-corrected chi connectivity index (χ3v) is 7.54. The predicted molar refractivity (Wildman–Crippen MR) is 177 cm³/mol. The zero-order valence-electron chi connectivity index (χ0n) is 26.4. The van der Waals surface area contributed by atoms with Crippen LogP contribution in [0.3, 0.4) is 0 Å². The van der Waals surface area contributed by atoms with Gasteiger partial charge in [0.05, 0.1) is 0 Å². The van der Waals surface area contributed by atoms with Gasteiger partial charge in [-0.25, -0.2) is 19.9 Å². The number of aldehydes is 1. The van der Waals surface area contributed by atoms with Gasteiger partial charge in [-0.2, -0.15) is 0 Å². The van der Waals surface area contributed by atoms with Gasteiger partial charge in [-0.1, -0.05) is 0 Å². The van der Waals surface area contributed by atoms with Gasteiger partial charge in [-0.3, -0.25) is 9.59 Å². The molecule has 4 aliphatic rings. The molecule has 0 aliphatic carbocycles. The molecule has 0 atom stereocenters.